The molecule has 0 saturated carbocycles. The molecule has 168 valence electrons. The Morgan fingerprint density at radius 1 is 1.16 bits per heavy atom. The number of carbonyl (C=O) groups is 1. The topological polar surface area (TPSA) is 86.2 Å². The highest BCUT2D eigenvalue weighted by Gasteiger charge is 2.26. The van der Waals surface area contributed by atoms with Crippen LogP contribution in [0.1, 0.15) is 35.2 Å². The minimum atomic E-state index is -0.170. The highest BCUT2D eigenvalue weighted by molar-refractivity contribution is 14.0. The van der Waals surface area contributed by atoms with E-state index in [2.05, 4.69) is 39.6 Å². The van der Waals surface area contributed by atoms with E-state index >= 15 is 0 Å². The average Bonchev–Trinajstić information content (AvgIpc) is 3.26. The van der Waals surface area contributed by atoms with Crippen LogP contribution in [0.25, 0.3) is 0 Å². The molecule has 3 N–H and O–H groups in total. The number of aromatic hydroxyl groups is 1. The predicted octanol–water partition coefficient (Wildman–Crippen LogP) is 3.20. The van der Waals surface area contributed by atoms with Gasteiger partial charge in [-0.15, -0.1) is 24.0 Å². The number of benzene rings is 2. The van der Waals surface area contributed by atoms with Crippen molar-refractivity contribution in [1.82, 2.24) is 15.5 Å². The molecule has 1 amide bonds. The fraction of sp³-hybridized carbons (Fsp3) is 0.391. The van der Waals surface area contributed by atoms with E-state index in [0.717, 1.165) is 37.8 Å². The molecule has 3 rings (SSSR count). The van der Waals surface area contributed by atoms with Crippen molar-refractivity contribution in [3.05, 3.63) is 59.7 Å². The molecule has 7 nitrogen and oxygen atoms in total. The summed E-state index contributed by atoms with van der Waals surface area (Å²) in [6, 6.07) is 14.5. The van der Waals surface area contributed by atoms with Crippen LogP contribution in [-0.2, 0) is 0 Å². The van der Waals surface area contributed by atoms with Gasteiger partial charge < -0.3 is 25.4 Å². The summed E-state index contributed by atoms with van der Waals surface area (Å²) in [4.78, 5) is 19.1. The summed E-state index contributed by atoms with van der Waals surface area (Å²) in [5.74, 6) is 2.19. The lowest BCUT2D eigenvalue weighted by molar-refractivity contribution is 0.0955. The Hall–Kier alpha value is -2.49. The van der Waals surface area contributed by atoms with E-state index in [0.29, 0.717) is 24.6 Å². The lowest BCUT2D eigenvalue weighted by Gasteiger charge is -2.22. The molecule has 1 fully saturated rings. The lowest BCUT2D eigenvalue weighted by Crippen LogP contribution is -2.40. The summed E-state index contributed by atoms with van der Waals surface area (Å²) in [5.41, 5.74) is 1.83. The molecule has 0 aliphatic carbocycles. The van der Waals surface area contributed by atoms with Crippen molar-refractivity contribution in [3.8, 4) is 11.5 Å². The van der Waals surface area contributed by atoms with Crippen molar-refractivity contribution in [3.63, 3.8) is 0 Å². The fourth-order valence-corrected chi connectivity index (χ4v) is 3.57. The third kappa shape index (κ3) is 7.02. The summed E-state index contributed by atoms with van der Waals surface area (Å²) in [6.45, 7) is 5.65. The molecule has 1 unspecified atom stereocenters. The van der Waals surface area contributed by atoms with Gasteiger partial charge in [0, 0.05) is 37.7 Å². The third-order valence-corrected chi connectivity index (χ3v) is 5.20. The predicted molar refractivity (Wildman–Crippen MR) is 134 cm³/mol. The average molecular weight is 538 g/mol. The molecule has 1 aliphatic heterocycles. The van der Waals surface area contributed by atoms with Crippen LogP contribution in [-0.4, -0.2) is 61.7 Å². The van der Waals surface area contributed by atoms with Crippen molar-refractivity contribution in [2.45, 2.75) is 19.3 Å². The summed E-state index contributed by atoms with van der Waals surface area (Å²) >= 11 is 0. The van der Waals surface area contributed by atoms with Crippen molar-refractivity contribution < 1.29 is 14.6 Å². The van der Waals surface area contributed by atoms with Gasteiger partial charge in [0.2, 0.25) is 0 Å². The Bertz CT molecular complexity index is 856. The summed E-state index contributed by atoms with van der Waals surface area (Å²) in [7, 11) is 1.68. The Kier molecular flexibility index (Phi) is 9.90. The molecular weight excluding hydrogens is 507 g/mol. The van der Waals surface area contributed by atoms with Crippen LogP contribution in [0.2, 0.25) is 0 Å². The second kappa shape index (κ2) is 12.4. The normalized spacial score (nSPS) is 15.9. The van der Waals surface area contributed by atoms with Gasteiger partial charge in [-0.05, 0) is 55.3 Å². The molecule has 31 heavy (non-hydrogen) atoms. The molecule has 1 saturated heterocycles. The number of rotatable bonds is 7. The van der Waals surface area contributed by atoms with E-state index in [1.54, 1.807) is 19.2 Å². The van der Waals surface area contributed by atoms with E-state index in [1.807, 2.05) is 12.1 Å². The zero-order valence-corrected chi connectivity index (χ0v) is 20.3. The molecule has 8 heteroatoms. The highest BCUT2D eigenvalue weighted by Crippen LogP contribution is 2.28. The minimum absolute atomic E-state index is 0. The number of carbonyl (C=O) groups excluding carboxylic acids is 1. The number of guanidine groups is 1. The molecule has 0 aromatic heterocycles. The number of likely N-dealkylation sites (tertiary alicyclic amines) is 1. The number of nitrogens with zero attached hydrogens (tertiary/aromatic N) is 2. The van der Waals surface area contributed by atoms with Gasteiger partial charge in [0.05, 0.1) is 13.7 Å². The first-order chi connectivity index (χ1) is 14.6. The standard InChI is InChI=1S/C23H30N4O3.HI/c1-3-24-23(26-14-13-25-22(29)18-4-8-20(28)9-5-18)27-15-12-19(16-27)17-6-10-21(30-2)11-7-17;/h4-11,19,28H,3,12-16H2,1-2H3,(H,24,26)(H,25,29);1H. The van der Waals surface area contributed by atoms with Gasteiger partial charge in [-0.3, -0.25) is 9.79 Å². The highest BCUT2D eigenvalue weighted by atomic mass is 127. The third-order valence-electron chi connectivity index (χ3n) is 5.20. The minimum Gasteiger partial charge on any atom is -0.508 e. The zero-order chi connectivity index (χ0) is 21.3. The van der Waals surface area contributed by atoms with Crippen molar-refractivity contribution in [2.75, 3.05) is 39.8 Å². The van der Waals surface area contributed by atoms with Crippen LogP contribution in [0, 0.1) is 0 Å². The van der Waals surface area contributed by atoms with Gasteiger partial charge in [-0.25, -0.2) is 0 Å². The smallest absolute Gasteiger partial charge is 0.251 e. The fourth-order valence-electron chi connectivity index (χ4n) is 3.57. The van der Waals surface area contributed by atoms with Crippen molar-refractivity contribution in [1.29, 1.82) is 0 Å². The first kappa shape index (κ1) is 24.8. The number of ether oxygens (including phenoxy) is 1. The quantitative estimate of drug-likeness (QED) is 0.218. The van der Waals surface area contributed by atoms with Gasteiger partial charge in [0.25, 0.3) is 5.91 Å². The van der Waals surface area contributed by atoms with Gasteiger partial charge in [-0.1, -0.05) is 12.1 Å². The molecule has 2 aromatic rings. The van der Waals surface area contributed by atoms with E-state index in [1.165, 1.54) is 17.7 Å². The molecule has 0 spiro atoms. The molecular formula is C23H31IN4O3. The first-order valence-electron chi connectivity index (χ1n) is 10.3. The number of amides is 1. The molecule has 1 atom stereocenters. The van der Waals surface area contributed by atoms with Gasteiger partial charge in [0.15, 0.2) is 5.96 Å². The van der Waals surface area contributed by atoms with Crippen LogP contribution in [0.5, 0.6) is 11.5 Å². The molecule has 0 radical (unpaired) electrons. The van der Waals surface area contributed by atoms with Gasteiger partial charge in [-0.2, -0.15) is 0 Å². The summed E-state index contributed by atoms with van der Waals surface area (Å²) < 4.78 is 5.25. The number of hydrogen-bond acceptors (Lipinski definition) is 4. The second-order valence-corrected chi connectivity index (χ2v) is 7.24. The van der Waals surface area contributed by atoms with E-state index in [4.69, 9.17) is 4.74 Å². The maximum absolute atomic E-state index is 12.2. The van der Waals surface area contributed by atoms with Crippen LogP contribution < -0.4 is 15.4 Å². The Balaban J connectivity index is 0.00000341. The van der Waals surface area contributed by atoms with E-state index in [-0.39, 0.29) is 35.6 Å². The van der Waals surface area contributed by atoms with Crippen LogP contribution in [0.15, 0.2) is 53.5 Å². The maximum Gasteiger partial charge on any atom is 0.251 e. The Morgan fingerprint density at radius 3 is 2.52 bits per heavy atom. The second-order valence-electron chi connectivity index (χ2n) is 7.24. The van der Waals surface area contributed by atoms with E-state index < -0.39 is 0 Å². The number of halogens is 1. The molecule has 1 heterocycles. The zero-order valence-electron chi connectivity index (χ0n) is 18.0. The number of aliphatic imine (C=N–C) groups is 1. The maximum atomic E-state index is 12.2. The Morgan fingerprint density at radius 2 is 1.87 bits per heavy atom. The summed E-state index contributed by atoms with van der Waals surface area (Å²) in [5, 5.41) is 15.5. The van der Waals surface area contributed by atoms with Gasteiger partial charge in [0.1, 0.15) is 11.5 Å². The number of hydrogen-bond donors (Lipinski definition) is 3. The van der Waals surface area contributed by atoms with Crippen molar-refractivity contribution >= 4 is 35.8 Å². The summed E-state index contributed by atoms with van der Waals surface area (Å²) in [6.07, 6.45) is 1.08. The number of nitrogens with one attached hydrogen (secondary N) is 2. The van der Waals surface area contributed by atoms with E-state index in [9.17, 15) is 9.90 Å². The Labute approximate surface area is 200 Å². The van der Waals surface area contributed by atoms with Gasteiger partial charge >= 0.3 is 0 Å². The number of phenols is 1. The largest absolute Gasteiger partial charge is 0.508 e. The van der Waals surface area contributed by atoms with Crippen LogP contribution in [0.3, 0.4) is 0 Å². The van der Waals surface area contributed by atoms with Crippen LogP contribution in [0.4, 0.5) is 0 Å². The molecule has 0 bridgehead atoms. The SMILES string of the molecule is CCNC(=NCCNC(=O)c1ccc(O)cc1)N1CCC(c2ccc(OC)cc2)C1.I. The monoisotopic (exact) mass is 538 g/mol. The number of methoxy groups -OCH3 is 1. The van der Waals surface area contributed by atoms with Crippen molar-refractivity contribution in [2.24, 2.45) is 4.99 Å². The lowest BCUT2D eigenvalue weighted by atomic mass is 9.98. The molecule has 1 aliphatic rings. The van der Waals surface area contributed by atoms with Crippen LogP contribution >= 0.6 is 24.0 Å². The number of phenolic OH excluding ortho intramolecular Hbond substituents is 1. The molecule has 2 aromatic carbocycles. The first-order valence-corrected chi connectivity index (χ1v) is 10.3.